The minimum Gasteiger partial charge on any atom is -0.388 e. The van der Waals surface area contributed by atoms with Crippen molar-refractivity contribution in [3.8, 4) is 0 Å². The van der Waals surface area contributed by atoms with Crippen LogP contribution in [0, 0.1) is 0 Å². The molecule has 5 heteroatoms. The van der Waals surface area contributed by atoms with Crippen molar-refractivity contribution in [3.05, 3.63) is 24.0 Å². The molecule has 0 bridgehead atoms. The van der Waals surface area contributed by atoms with Crippen LogP contribution in [0.25, 0.3) is 0 Å². The van der Waals surface area contributed by atoms with Gasteiger partial charge in [0.05, 0.1) is 17.6 Å². The smallest absolute Gasteiger partial charge is 0.122 e. The minimum atomic E-state index is 0.347. The van der Waals surface area contributed by atoms with E-state index in [0.29, 0.717) is 10.7 Å². The molecule has 0 saturated carbocycles. The summed E-state index contributed by atoms with van der Waals surface area (Å²) in [6.45, 7) is 1.01. The van der Waals surface area contributed by atoms with Gasteiger partial charge in [-0.25, -0.2) is 0 Å². The number of nitrogens with one attached hydrogen (secondary N) is 1. The number of thioether (sulfide) groups is 1. The second kappa shape index (κ2) is 6.21. The van der Waals surface area contributed by atoms with E-state index in [1.165, 1.54) is 25.0 Å². The summed E-state index contributed by atoms with van der Waals surface area (Å²) in [5.74, 6) is 1.30. The van der Waals surface area contributed by atoms with Crippen molar-refractivity contribution in [2.45, 2.75) is 24.5 Å². The van der Waals surface area contributed by atoms with Crippen LogP contribution in [0.3, 0.4) is 0 Å². The monoisotopic (exact) mass is 267 g/mol. The number of pyridine rings is 1. The standard InChI is InChI=1S/C12H17N3S2/c13-12(16)11-5-4-9(7-15-11)14-8-10-3-1-2-6-17-10/h4-5,7,10,14H,1-3,6,8H2,(H2,13,16). The largest absolute Gasteiger partial charge is 0.388 e. The van der Waals surface area contributed by atoms with Gasteiger partial charge in [0, 0.05) is 11.8 Å². The molecule has 1 aromatic heterocycles. The molecule has 1 atom stereocenters. The van der Waals surface area contributed by atoms with E-state index in [0.717, 1.165) is 17.5 Å². The Kier molecular flexibility index (Phi) is 4.62. The second-order valence-electron chi connectivity index (χ2n) is 4.17. The highest BCUT2D eigenvalue weighted by Crippen LogP contribution is 2.25. The molecule has 2 rings (SSSR count). The molecule has 1 saturated heterocycles. The summed E-state index contributed by atoms with van der Waals surface area (Å²) in [4.78, 5) is 4.55. The summed E-state index contributed by atoms with van der Waals surface area (Å²) in [5, 5.41) is 4.15. The van der Waals surface area contributed by atoms with E-state index in [-0.39, 0.29) is 0 Å². The highest BCUT2D eigenvalue weighted by Gasteiger charge is 2.13. The number of anilines is 1. The molecular weight excluding hydrogens is 250 g/mol. The van der Waals surface area contributed by atoms with Crippen LogP contribution < -0.4 is 11.1 Å². The Hall–Kier alpha value is -0.810. The Bertz CT molecular complexity index is 372. The van der Waals surface area contributed by atoms with E-state index in [9.17, 15) is 0 Å². The lowest BCUT2D eigenvalue weighted by Gasteiger charge is -2.21. The van der Waals surface area contributed by atoms with E-state index >= 15 is 0 Å². The van der Waals surface area contributed by atoms with Crippen molar-refractivity contribution in [1.29, 1.82) is 0 Å². The summed E-state index contributed by atoms with van der Waals surface area (Å²) in [5.41, 5.74) is 7.22. The predicted octanol–water partition coefficient (Wildman–Crippen LogP) is 2.41. The topological polar surface area (TPSA) is 50.9 Å². The Labute approximate surface area is 112 Å². The second-order valence-corrected chi connectivity index (χ2v) is 6.01. The molecule has 0 amide bonds. The number of nitrogens with two attached hydrogens (primary N) is 1. The number of hydrogen-bond donors (Lipinski definition) is 2. The van der Waals surface area contributed by atoms with Gasteiger partial charge in [0.25, 0.3) is 0 Å². The van der Waals surface area contributed by atoms with Gasteiger partial charge in [-0.3, -0.25) is 4.98 Å². The van der Waals surface area contributed by atoms with Gasteiger partial charge in [0.1, 0.15) is 4.99 Å². The van der Waals surface area contributed by atoms with Crippen molar-refractivity contribution >= 4 is 34.7 Å². The van der Waals surface area contributed by atoms with Gasteiger partial charge >= 0.3 is 0 Å². The first-order chi connectivity index (χ1) is 8.25. The predicted molar refractivity (Wildman–Crippen MR) is 78.7 cm³/mol. The number of hydrogen-bond acceptors (Lipinski definition) is 4. The molecule has 17 heavy (non-hydrogen) atoms. The molecule has 0 spiro atoms. The molecular formula is C12H17N3S2. The Morgan fingerprint density at radius 1 is 1.53 bits per heavy atom. The number of nitrogens with zero attached hydrogens (tertiary/aromatic N) is 1. The Balaban J connectivity index is 1.84. The summed E-state index contributed by atoms with van der Waals surface area (Å²) >= 11 is 6.93. The summed E-state index contributed by atoms with van der Waals surface area (Å²) < 4.78 is 0. The maximum atomic E-state index is 5.50. The van der Waals surface area contributed by atoms with Crippen LogP contribution in [-0.4, -0.2) is 27.5 Å². The highest BCUT2D eigenvalue weighted by atomic mass is 32.2. The van der Waals surface area contributed by atoms with Crippen LogP contribution >= 0.6 is 24.0 Å². The molecule has 1 aliphatic rings. The van der Waals surface area contributed by atoms with Gasteiger partial charge in [-0.1, -0.05) is 18.6 Å². The lowest BCUT2D eigenvalue weighted by atomic mass is 10.2. The van der Waals surface area contributed by atoms with E-state index in [4.69, 9.17) is 18.0 Å². The van der Waals surface area contributed by atoms with Gasteiger partial charge in [0.2, 0.25) is 0 Å². The Morgan fingerprint density at radius 2 is 2.41 bits per heavy atom. The zero-order chi connectivity index (χ0) is 12.1. The first kappa shape index (κ1) is 12.6. The summed E-state index contributed by atoms with van der Waals surface area (Å²) in [6, 6.07) is 3.84. The van der Waals surface area contributed by atoms with Crippen molar-refractivity contribution in [3.63, 3.8) is 0 Å². The van der Waals surface area contributed by atoms with Gasteiger partial charge in [0.15, 0.2) is 0 Å². The number of aromatic nitrogens is 1. The molecule has 0 radical (unpaired) electrons. The van der Waals surface area contributed by atoms with Crippen molar-refractivity contribution in [2.24, 2.45) is 5.73 Å². The molecule has 92 valence electrons. The number of rotatable bonds is 4. The summed E-state index contributed by atoms with van der Waals surface area (Å²) in [6.07, 6.45) is 5.83. The normalized spacial score (nSPS) is 19.9. The van der Waals surface area contributed by atoms with E-state index < -0.39 is 0 Å². The molecule has 1 fully saturated rings. The quantitative estimate of drug-likeness (QED) is 0.821. The first-order valence-corrected chi connectivity index (χ1v) is 7.33. The molecule has 0 aliphatic carbocycles. The van der Waals surface area contributed by atoms with E-state index in [1.54, 1.807) is 6.20 Å². The van der Waals surface area contributed by atoms with Crippen molar-refractivity contribution in [1.82, 2.24) is 4.98 Å². The van der Waals surface area contributed by atoms with Crippen LogP contribution in [-0.2, 0) is 0 Å². The third-order valence-electron chi connectivity index (χ3n) is 2.82. The van der Waals surface area contributed by atoms with Gasteiger partial charge < -0.3 is 11.1 Å². The van der Waals surface area contributed by atoms with Crippen molar-refractivity contribution < 1.29 is 0 Å². The molecule has 3 N–H and O–H groups in total. The fourth-order valence-corrected chi connectivity index (χ4v) is 3.20. The zero-order valence-electron chi connectivity index (χ0n) is 9.69. The average Bonchev–Trinajstić information content (AvgIpc) is 2.38. The lowest BCUT2D eigenvalue weighted by Crippen LogP contribution is -2.20. The van der Waals surface area contributed by atoms with Crippen LogP contribution in [0.4, 0.5) is 5.69 Å². The Morgan fingerprint density at radius 3 is 3.00 bits per heavy atom. The van der Waals surface area contributed by atoms with Gasteiger partial charge in [-0.05, 0) is 30.7 Å². The maximum Gasteiger partial charge on any atom is 0.122 e. The highest BCUT2D eigenvalue weighted by molar-refractivity contribution is 7.99. The van der Waals surface area contributed by atoms with E-state index in [2.05, 4.69) is 22.1 Å². The molecule has 1 aliphatic heterocycles. The maximum absolute atomic E-state index is 5.50. The van der Waals surface area contributed by atoms with Crippen LogP contribution in [0.5, 0.6) is 0 Å². The minimum absolute atomic E-state index is 0.347. The molecule has 1 aromatic rings. The van der Waals surface area contributed by atoms with Crippen molar-refractivity contribution in [2.75, 3.05) is 17.6 Å². The average molecular weight is 267 g/mol. The fourth-order valence-electron chi connectivity index (χ4n) is 1.84. The molecule has 3 nitrogen and oxygen atoms in total. The first-order valence-electron chi connectivity index (χ1n) is 5.87. The van der Waals surface area contributed by atoms with Crippen LogP contribution in [0.15, 0.2) is 18.3 Å². The third-order valence-corrected chi connectivity index (χ3v) is 4.43. The molecule has 0 aromatic carbocycles. The van der Waals surface area contributed by atoms with Crippen LogP contribution in [0.2, 0.25) is 0 Å². The lowest BCUT2D eigenvalue weighted by molar-refractivity contribution is 0.677. The zero-order valence-corrected chi connectivity index (χ0v) is 11.3. The third kappa shape index (κ3) is 3.85. The van der Waals surface area contributed by atoms with Crippen LogP contribution in [0.1, 0.15) is 25.0 Å². The SMILES string of the molecule is NC(=S)c1ccc(NCC2CCCCS2)cn1. The molecule has 2 heterocycles. The summed E-state index contributed by atoms with van der Waals surface area (Å²) in [7, 11) is 0. The molecule has 1 unspecified atom stereocenters. The number of thiocarbonyl (C=S) groups is 1. The fraction of sp³-hybridized carbons (Fsp3) is 0.500. The van der Waals surface area contributed by atoms with Gasteiger partial charge in [-0.2, -0.15) is 11.8 Å². The van der Waals surface area contributed by atoms with E-state index in [1.807, 2.05) is 12.1 Å². The van der Waals surface area contributed by atoms with Gasteiger partial charge in [-0.15, -0.1) is 0 Å².